The molecule has 1 atom stereocenters. The molecule has 0 aromatic heterocycles. The van der Waals surface area contributed by atoms with E-state index in [0.29, 0.717) is 11.8 Å². The van der Waals surface area contributed by atoms with Crippen molar-refractivity contribution in [1.29, 1.82) is 0 Å². The van der Waals surface area contributed by atoms with Crippen molar-refractivity contribution in [3.63, 3.8) is 0 Å². The van der Waals surface area contributed by atoms with Crippen LogP contribution in [0.5, 0.6) is 0 Å². The maximum absolute atomic E-state index is 11.2. The first-order valence-corrected chi connectivity index (χ1v) is 7.23. The van der Waals surface area contributed by atoms with Crippen molar-refractivity contribution in [2.24, 2.45) is 5.92 Å². The van der Waals surface area contributed by atoms with E-state index in [0.717, 1.165) is 37.2 Å². The van der Waals surface area contributed by atoms with Gasteiger partial charge in [-0.05, 0) is 36.8 Å². The SMILES string of the molecule is CC1CCCN(c2ccc(CCl)cc2[N+](=O)[O-])CC1. The molecule has 1 unspecified atom stereocenters. The third kappa shape index (κ3) is 3.38. The van der Waals surface area contributed by atoms with Crippen LogP contribution in [-0.4, -0.2) is 18.0 Å². The van der Waals surface area contributed by atoms with Crippen LogP contribution in [0.3, 0.4) is 0 Å². The van der Waals surface area contributed by atoms with Crippen molar-refractivity contribution in [3.8, 4) is 0 Å². The van der Waals surface area contributed by atoms with Gasteiger partial charge in [0.1, 0.15) is 5.69 Å². The zero-order chi connectivity index (χ0) is 13.8. The average Bonchev–Trinajstić information content (AvgIpc) is 2.62. The van der Waals surface area contributed by atoms with Crippen molar-refractivity contribution >= 4 is 23.0 Å². The highest BCUT2D eigenvalue weighted by atomic mass is 35.5. The van der Waals surface area contributed by atoms with Gasteiger partial charge in [0.25, 0.3) is 5.69 Å². The van der Waals surface area contributed by atoms with Gasteiger partial charge in [-0.15, -0.1) is 11.6 Å². The summed E-state index contributed by atoms with van der Waals surface area (Å²) in [5.74, 6) is 1.00. The maximum atomic E-state index is 11.2. The monoisotopic (exact) mass is 282 g/mol. The Labute approximate surface area is 118 Å². The molecule has 19 heavy (non-hydrogen) atoms. The highest BCUT2D eigenvalue weighted by Crippen LogP contribution is 2.32. The summed E-state index contributed by atoms with van der Waals surface area (Å²) >= 11 is 5.75. The van der Waals surface area contributed by atoms with E-state index >= 15 is 0 Å². The van der Waals surface area contributed by atoms with Crippen LogP contribution in [-0.2, 0) is 5.88 Å². The Hall–Kier alpha value is -1.29. The first kappa shape index (κ1) is 14.1. The van der Waals surface area contributed by atoms with Gasteiger partial charge < -0.3 is 4.90 Å². The van der Waals surface area contributed by atoms with Crippen LogP contribution in [0, 0.1) is 16.0 Å². The van der Waals surface area contributed by atoms with E-state index in [1.165, 1.54) is 6.42 Å². The fourth-order valence-corrected chi connectivity index (χ4v) is 2.74. The lowest BCUT2D eigenvalue weighted by molar-refractivity contribution is -0.384. The molecule has 0 radical (unpaired) electrons. The summed E-state index contributed by atoms with van der Waals surface area (Å²) in [6.07, 6.45) is 3.38. The van der Waals surface area contributed by atoms with Gasteiger partial charge in [0, 0.05) is 25.0 Å². The zero-order valence-electron chi connectivity index (χ0n) is 11.1. The topological polar surface area (TPSA) is 46.4 Å². The first-order chi connectivity index (χ1) is 9.11. The number of hydrogen-bond acceptors (Lipinski definition) is 3. The summed E-state index contributed by atoms with van der Waals surface area (Å²) in [5, 5.41) is 11.2. The third-order valence-electron chi connectivity index (χ3n) is 3.75. The van der Waals surface area contributed by atoms with E-state index < -0.39 is 0 Å². The van der Waals surface area contributed by atoms with Gasteiger partial charge in [-0.3, -0.25) is 10.1 Å². The largest absolute Gasteiger partial charge is 0.366 e. The molecular weight excluding hydrogens is 264 g/mol. The van der Waals surface area contributed by atoms with Crippen LogP contribution in [0.4, 0.5) is 11.4 Å². The molecule has 0 N–H and O–H groups in total. The Balaban J connectivity index is 2.30. The third-order valence-corrected chi connectivity index (χ3v) is 4.06. The molecule has 0 aliphatic carbocycles. The maximum Gasteiger partial charge on any atom is 0.292 e. The molecule has 1 aliphatic rings. The summed E-state index contributed by atoms with van der Waals surface area (Å²) in [4.78, 5) is 13.1. The minimum absolute atomic E-state index is 0.174. The van der Waals surface area contributed by atoms with Crippen LogP contribution < -0.4 is 4.90 Å². The highest BCUT2D eigenvalue weighted by molar-refractivity contribution is 6.17. The summed E-state index contributed by atoms with van der Waals surface area (Å²) in [5.41, 5.74) is 1.70. The van der Waals surface area contributed by atoms with Gasteiger partial charge >= 0.3 is 0 Å². The Morgan fingerprint density at radius 3 is 2.89 bits per heavy atom. The Morgan fingerprint density at radius 2 is 2.21 bits per heavy atom. The number of halogens is 1. The van der Waals surface area contributed by atoms with Crippen LogP contribution in [0.25, 0.3) is 0 Å². The molecule has 1 aromatic carbocycles. The molecular formula is C14H19ClN2O2. The highest BCUT2D eigenvalue weighted by Gasteiger charge is 2.22. The lowest BCUT2D eigenvalue weighted by atomic mass is 10.0. The number of benzene rings is 1. The van der Waals surface area contributed by atoms with E-state index in [-0.39, 0.29) is 10.6 Å². The average molecular weight is 283 g/mol. The van der Waals surface area contributed by atoms with E-state index in [1.807, 2.05) is 12.1 Å². The van der Waals surface area contributed by atoms with Gasteiger partial charge in [0.2, 0.25) is 0 Å². The predicted molar refractivity (Wildman–Crippen MR) is 77.9 cm³/mol. The fourth-order valence-electron chi connectivity index (χ4n) is 2.57. The lowest BCUT2D eigenvalue weighted by Gasteiger charge is -2.22. The predicted octanol–water partition coefficient (Wildman–Crippen LogP) is 3.96. The zero-order valence-corrected chi connectivity index (χ0v) is 11.9. The lowest BCUT2D eigenvalue weighted by Crippen LogP contribution is -2.25. The smallest absolute Gasteiger partial charge is 0.292 e. The van der Waals surface area contributed by atoms with Crippen LogP contribution in [0.15, 0.2) is 18.2 Å². The molecule has 2 rings (SSSR count). The van der Waals surface area contributed by atoms with Crippen molar-refractivity contribution in [3.05, 3.63) is 33.9 Å². The second-order valence-corrected chi connectivity index (χ2v) is 5.50. The Morgan fingerprint density at radius 1 is 1.42 bits per heavy atom. The standard InChI is InChI=1S/C14H19ClN2O2/c1-11-3-2-7-16(8-6-11)13-5-4-12(10-15)9-14(13)17(18)19/h4-5,9,11H,2-3,6-8,10H2,1H3. The molecule has 1 aliphatic heterocycles. The van der Waals surface area contributed by atoms with Gasteiger partial charge in [-0.25, -0.2) is 0 Å². The molecule has 0 bridgehead atoms. The summed E-state index contributed by atoms with van der Waals surface area (Å²) in [7, 11) is 0. The molecule has 104 valence electrons. The second-order valence-electron chi connectivity index (χ2n) is 5.24. The van der Waals surface area contributed by atoms with Gasteiger partial charge in [-0.1, -0.05) is 13.0 Å². The molecule has 0 spiro atoms. The number of anilines is 1. The number of nitro groups is 1. The summed E-state index contributed by atoms with van der Waals surface area (Å²) in [6.45, 7) is 4.03. The number of rotatable bonds is 3. The molecule has 5 heteroatoms. The molecule has 4 nitrogen and oxygen atoms in total. The van der Waals surface area contributed by atoms with Crippen molar-refractivity contribution < 1.29 is 4.92 Å². The number of nitrogens with zero attached hydrogens (tertiary/aromatic N) is 2. The number of nitro benzene ring substituents is 1. The Kier molecular flexibility index (Phi) is 4.64. The van der Waals surface area contributed by atoms with Gasteiger partial charge in [-0.2, -0.15) is 0 Å². The summed E-state index contributed by atoms with van der Waals surface area (Å²) < 4.78 is 0. The van der Waals surface area contributed by atoms with E-state index in [4.69, 9.17) is 11.6 Å². The number of hydrogen-bond donors (Lipinski definition) is 0. The second kappa shape index (κ2) is 6.24. The minimum Gasteiger partial charge on any atom is -0.366 e. The van der Waals surface area contributed by atoms with E-state index in [1.54, 1.807) is 6.07 Å². The quantitative estimate of drug-likeness (QED) is 0.479. The van der Waals surface area contributed by atoms with Crippen LogP contribution in [0.2, 0.25) is 0 Å². The number of alkyl halides is 1. The molecule has 1 fully saturated rings. The van der Waals surface area contributed by atoms with Crippen molar-refractivity contribution in [1.82, 2.24) is 0 Å². The normalized spacial score (nSPS) is 20.1. The fraction of sp³-hybridized carbons (Fsp3) is 0.571. The molecule has 0 saturated carbocycles. The molecule has 1 saturated heterocycles. The van der Waals surface area contributed by atoms with Gasteiger partial charge in [0.15, 0.2) is 0 Å². The Bertz CT molecular complexity index is 465. The van der Waals surface area contributed by atoms with Crippen molar-refractivity contribution in [2.75, 3.05) is 18.0 Å². The van der Waals surface area contributed by atoms with E-state index in [2.05, 4.69) is 11.8 Å². The molecule has 1 aromatic rings. The minimum atomic E-state index is -0.306. The van der Waals surface area contributed by atoms with Crippen LogP contribution in [0.1, 0.15) is 31.7 Å². The molecule has 1 heterocycles. The molecule has 0 amide bonds. The van der Waals surface area contributed by atoms with Gasteiger partial charge in [0.05, 0.1) is 4.92 Å². The first-order valence-electron chi connectivity index (χ1n) is 6.70. The van der Waals surface area contributed by atoms with E-state index in [9.17, 15) is 10.1 Å². The van der Waals surface area contributed by atoms with Crippen LogP contribution >= 0.6 is 11.6 Å². The summed E-state index contributed by atoms with van der Waals surface area (Å²) in [6, 6.07) is 5.31. The van der Waals surface area contributed by atoms with Crippen molar-refractivity contribution in [2.45, 2.75) is 32.1 Å².